The van der Waals surface area contributed by atoms with Crippen molar-refractivity contribution in [3.8, 4) is 34.5 Å². The first kappa shape index (κ1) is 35.1. The molecule has 3 aromatic carbocycles. The molecule has 2 aliphatic heterocycles. The molecular weight excluding hydrogens is 656 g/mol. The van der Waals surface area contributed by atoms with Gasteiger partial charge < -0.3 is 61.4 Å². The molecule has 3 aromatic rings. The molecule has 264 valence electrons. The van der Waals surface area contributed by atoms with Crippen molar-refractivity contribution in [2.75, 3.05) is 32.8 Å². The van der Waals surface area contributed by atoms with Crippen molar-refractivity contribution in [3.63, 3.8) is 0 Å². The van der Waals surface area contributed by atoms with Crippen LogP contribution >= 0.6 is 0 Å². The molecule has 2 heterocycles. The third-order valence-electron chi connectivity index (χ3n) is 7.88. The summed E-state index contributed by atoms with van der Waals surface area (Å²) in [5, 5.41) is 64.9. The van der Waals surface area contributed by atoms with Gasteiger partial charge >= 0.3 is 0 Å². The third-order valence-corrected chi connectivity index (χ3v) is 7.88. The normalized spacial score (nSPS) is 17.1. The summed E-state index contributed by atoms with van der Waals surface area (Å²) < 4.78 is 11.0. The minimum Gasteiger partial charge on any atom is -0.504 e. The van der Waals surface area contributed by atoms with E-state index in [9.17, 15) is 45.0 Å². The molecule has 17 heteroatoms. The van der Waals surface area contributed by atoms with E-state index in [4.69, 9.17) is 15.2 Å². The second-order valence-electron chi connectivity index (χ2n) is 11.4. The first-order valence-electron chi connectivity index (χ1n) is 15.5. The second-order valence-corrected chi connectivity index (χ2v) is 11.4. The van der Waals surface area contributed by atoms with Crippen LogP contribution in [0.25, 0.3) is 0 Å². The Bertz CT molecular complexity index is 1830. The molecule has 0 aromatic heterocycles. The average molecular weight is 693 g/mol. The van der Waals surface area contributed by atoms with Crippen LogP contribution in [0.4, 0.5) is 0 Å². The van der Waals surface area contributed by atoms with E-state index < -0.39 is 59.0 Å². The lowest BCUT2D eigenvalue weighted by molar-refractivity contribution is -0.133. The van der Waals surface area contributed by atoms with E-state index >= 15 is 0 Å². The first-order chi connectivity index (χ1) is 23.9. The van der Waals surface area contributed by atoms with Crippen molar-refractivity contribution in [1.82, 2.24) is 15.5 Å². The molecule has 3 amide bonds. The molecule has 0 saturated carbocycles. The summed E-state index contributed by atoms with van der Waals surface area (Å²) in [6.45, 7) is -0.0252. The molecule has 2 aliphatic rings. The van der Waals surface area contributed by atoms with Crippen LogP contribution < -0.4 is 16.4 Å². The van der Waals surface area contributed by atoms with Gasteiger partial charge in [0.25, 0.3) is 11.8 Å². The quantitative estimate of drug-likeness (QED) is 0.0667. The number of hydrogen-bond donors (Lipinski definition) is 9. The van der Waals surface area contributed by atoms with E-state index in [-0.39, 0.29) is 85.7 Å². The molecule has 10 N–H and O–H groups in total. The molecular formula is C33H36N6O11. The zero-order chi connectivity index (χ0) is 35.9. The lowest BCUT2D eigenvalue weighted by Gasteiger charge is -2.26. The summed E-state index contributed by atoms with van der Waals surface area (Å²) in [5.41, 5.74) is 6.32. The smallest absolute Gasteiger partial charge is 0.255 e. The van der Waals surface area contributed by atoms with Gasteiger partial charge in [-0.2, -0.15) is 0 Å². The van der Waals surface area contributed by atoms with Crippen LogP contribution in [0.2, 0.25) is 0 Å². The van der Waals surface area contributed by atoms with Gasteiger partial charge in [-0.15, -0.1) is 0 Å². The molecule has 50 heavy (non-hydrogen) atoms. The van der Waals surface area contributed by atoms with Crippen LogP contribution in [0.15, 0.2) is 64.6 Å². The van der Waals surface area contributed by atoms with Crippen molar-refractivity contribution in [1.29, 1.82) is 0 Å². The van der Waals surface area contributed by atoms with Crippen LogP contribution in [-0.4, -0.2) is 116 Å². The molecule has 3 atom stereocenters. The zero-order valence-corrected chi connectivity index (χ0v) is 26.5. The number of benzene rings is 3. The highest BCUT2D eigenvalue weighted by molar-refractivity contribution is 6.02. The van der Waals surface area contributed by atoms with E-state index in [2.05, 4.69) is 20.6 Å². The van der Waals surface area contributed by atoms with Gasteiger partial charge in [-0.25, -0.2) is 9.98 Å². The van der Waals surface area contributed by atoms with E-state index in [1.165, 1.54) is 59.5 Å². The number of carbonyl (C=O) groups excluding carboxylic acids is 3. The molecule has 0 saturated heterocycles. The third kappa shape index (κ3) is 7.90. The highest BCUT2D eigenvalue weighted by atomic mass is 16.5. The number of amides is 3. The number of nitrogens with one attached hydrogen (secondary N) is 2. The number of nitrogens with two attached hydrogens (primary N) is 1. The summed E-state index contributed by atoms with van der Waals surface area (Å²) in [6, 6.07) is 10.5. The van der Waals surface area contributed by atoms with Crippen molar-refractivity contribution >= 4 is 29.5 Å². The number of aliphatic imine (C=N–C) groups is 2. The number of aromatic hydroxyl groups is 6. The van der Waals surface area contributed by atoms with Gasteiger partial charge in [-0.05, 0) is 49.2 Å². The van der Waals surface area contributed by atoms with Gasteiger partial charge in [0.05, 0.1) is 22.9 Å². The molecule has 0 spiro atoms. The first-order valence-corrected chi connectivity index (χ1v) is 15.5. The van der Waals surface area contributed by atoms with Gasteiger partial charge in [0.1, 0.15) is 13.2 Å². The monoisotopic (exact) mass is 692 g/mol. The number of rotatable bonds is 13. The maximum Gasteiger partial charge on any atom is 0.255 e. The summed E-state index contributed by atoms with van der Waals surface area (Å²) in [5.74, 6) is -4.35. The number of para-hydroxylation sites is 3. The van der Waals surface area contributed by atoms with Crippen molar-refractivity contribution in [2.24, 2.45) is 15.7 Å². The van der Waals surface area contributed by atoms with Crippen molar-refractivity contribution < 1.29 is 54.5 Å². The maximum atomic E-state index is 13.7. The van der Waals surface area contributed by atoms with Crippen molar-refractivity contribution in [3.05, 3.63) is 71.3 Å². The average Bonchev–Trinajstić information content (AvgIpc) is 3.79. The Hall–Kier alpha value is -6.23. The van der Waals surface area contributed by atoms with Crippen LogP contribution in [0.1, 0.15) is 34.3 Å². The summed E-state index contributed by atoms with van der Waals surface area (Å²) >= 11 is 0. The molecule has 3 unspecified atom stereocenters. The van der Waals surface area contributed by atoms with Gasteiger partial charge in [0.2, 0.25) is 17.7 Å². The maximum absolute atomic E-state index is 13.7. The van der Waals surface area contributed by atoms with Gasteiger partial charge in [0, 0.05) is 19.6 Å². The number of carbonyl (C=O) groups is 3. The zero-order valence-electron chi connectivity index (χ0n) is 26.5. The Morgan fingerprint density at radius 1 is 0.780 bits per heavy atom. The fourth-order valence-corrected chi connectivity index (χ4v) is 5.18. The van der Waals surface area contributed by atoms with Crippen LogP contribution in [0, 0.1) is 0 Å². The Labute approximate surface area is 284 Å². The van der Waals surface area contributed by atoms with E-state index in [0.717, 1.165) is 0 Å². The minimum absolute atomic E-state index is 0.0204. The Morgan fingerprint density at radius 3 is 1.94 bits per heavy atom. The molecule has 0 radical (unpaired) electrons. The highest BCUT2D eigenvalue weighted by Gasteiger charge is 2.33. The lowest BCUT2D eigenvalue weighted by Crippen LogP contribution is -2.49. The number of phenols is 6. The molecule has 0 aliphatic carbocycles. The molecule has 5 rings (SSSR count). The SMILES string of the molecule is NC(CCN(CCCNC(=O)c1cccc(O)c1O)C(=O)C1COC(c2cccc(O)c2O)=N1)NC(=O)C1COC(c2cccc(O)c2O)=N1. The predicted molar refractivity (Wildman–Crippen MR) is 176 cm³/mol. The second kappa shape index (κ2) is 15.3. The number of ether oxygens (including phenoxy) is 2. The Morgan fingerprint density at radius 2 is 1.32 bits per heavy atom. The fourth-order valence-electron chi connectivity index (χ4n) is 5.18. The highest BCUT2D eigenvalue weighted by Crippen LogP contribution is 2.32. The van der Waals surface area contributed by atoms with Gasteiger partial charge in [-0.3, -0.25) is 14.4 Å². The minimum atomic E-state index is -1.01. The predicted octanol–water partition coefficient (Wildman–Crippen LogP) is 0.351. The molecule has 0 fully saturated rings. The largest absolute Gasteiger partial charge is 0.504 e. The topological polar surface area (TPSA) is 269 Å². The lowest BCUT2D eigenvalue weighted by atomic mass is 10.1. The number of nitrogens with zero attached hydrogens (tertiary/aromatic N) is 3. The van der Waals surface area contributed by atoms with E-state index in [1.54, 1.807) is 0 Å². The molecule has 0 bridgehead atoms. The van der Waals surface area contributed by atoms with Crippen LogP contribution in [0.3, 0.4) is 0 Å². The Kier molecular flexibility index (Phi) is 10.8. The van der Waals surface area contributed by atoms with E-state index in [0.29, 0.717) is 0 Å². The standard InChI is InChI=1S/C33H36N6O11/c34-25(38-30(47)20-15-49-31(36-20)18-6-2-9-23(41)27(18)44)11-14-39(13-4-12-35-29(46)17-5-1-8-22(40)26(17)43)33(48)21-16-50-32(37-21)19-7-3-10-24(42)28(19)45/h1-3,5-10,20-21,25,40-45H,4,11-16,34H2,(H,35,46)(H,38,47). The van der Waals surface area contributed by atoms with E-state index in [1.807, 2.05) is 0 Å². The van der Waals surface area contributed by atoms with Crippen LogP contribution in [0.5, 0.6) is 34.5 Å². The number of phenolic OH excluding ortho intramolecular Hbond substituents is 6. The summed E-state index contributed by atoms with van der Waals surface area (Å²) in [6.07, 6.45) is -0.576. The number of hydrogen-bond acceptors (Lipinski definition) is 14. The summed E-state index contributed by atoms with van der Waals surface area (Å²) in [7, 11) is 0. The fraction of sp³-hybridized carbons (Fsp3) is 0.303. The van der Waals surface area contributed by atoms with Gasteiger partial charge in [-0.1, -0.05) is 18.2 Å². The summed E-state index contributed by atoms with van der Waals surface area (Å²) in [4.78, 5) is 49.1. The Balaban J connectivity index is 1.21. The van der Waals surface area contributed by atoms with Crippen molar-refractivity contribution in [2.45, 2.75) is 31.1 Å². The van der Waals surface area contributed by atoms with Crippen LogP contribution in [-0.2, 0) is 19.1 Å². The molecule has 17 nitrogen and oxygen atoms in total. The van der Waals surface area contributed by atoms with Gasteiger partial charge in [0.15, 0.2) is 46.6 Å².